The predicted octanol–water partition coefficient (Wildman–Crippen LogP) is 6.03. The summed E-state index contributed by atoms with van der Waals surface area (Å²) in [7, 11) is 0. The van der Waals surface area contributed by atoms with Gasteiger partial charge in [0.25, 0.3) is 0 Å². The van der Waals surface area contributed by atoms with E-state index in [1.807, 2.05) is 22.6 Å². The summed E-state index contributed by atoms with van der Waals surface area (Å²) in [6.07, 6.45) is -8.11. The number of hydrogen-bond donors (Lipinski definition) is 0. The van der Waals surface area contributed by atoms with Crippen LogP contribution in [-0.2, 0) is 6.42 Å². The van der Waals surface area contributed by atoms with E-state index in [1.165, 1.54) is 12.1 Å². The number of aromatic carboxylic acids is 1. The minimum absolute atomic E-state index is 0.0499. The van der Waals surface area contributed by atoms with Crippen molar-refractivity contribution in [1.82, 2.24) is 0 Å². The van der Waals surface area contributed by atoms with Crippen molar-refractivity contribution in [2.24, 2.45) is 0 Å². The number of carboxylic acids is 1. The lowest BCUT2D eigenvalue weighted by atomic mass is 9.97. The molecule has 0 aliphatic rings. The average molecular weight is 597 g/mol. The minimum atomic E-state index is -7.43. The van der Waals surface area contributed by atoms with Crippen molar-refractivity contribution in [2.45, 2.75) is 55.5 Å². The molecule has 0 aliphatic heterocycles. The van der Waals surface area contributed by atoms with Crippen LogP contribution in [0.3, 0.4) is 0 Å². The number of unbranched alkanes of at least 4 members (excludes halogenated alkanes) is 2. The molecular formula is C18H13F11IO2-. The summed E-state index contributed by atoms with van der Waals surface area (Å²) in [6, 6.07) is 4.34. The Kier molecular flexibility index (Phi) is 8.63. The molecule has 32 heavy (non-hydrogen) atoms. The number of allylic oxidation sites excluding steroid dienone is 2. The molecule has 0 heterocycles. The molecule has 0 saturated carbocycles. The molecule has 1 rings (SSSR count). The highest BCUT2D eigenvalue weighted by molar-refractivity contribution is 14.1. The lowest BCUT2D eigenvalue weighted by Crippen LogP contribution is -2.66. The SMILES string of the molecule is O=C([O-])c1cc(I)ccc1CCCCC=CC(F)(F)C(F)(F)C(F)(F)C(F)(F)C(F)(F)F. The van der Waals surface area contributed by atoms with E-state index in [0.717, 1.165) is 0 Å². The average Bonchev–Trinajstić information content (AvgIpc) is 2.63. The second-order valence-corrected chi connectivity index (χ2v) is 7.83. The Hall–Kier alpha value is -1.61. The molecule has 0 bridgehead atoms. The summed E-state index contributed by atoms with van der Waals surface area (Å²) >= 11 is 1.84. The molecule has 182 valence electrons. The monoisotopic (exact) mass is 597 g/mol. The maximum Gasteiger partial charge on any atom is 0.460 e. The fourth-order valence-corrected chi connectivity index (χ4v) is 2.95. The third-order valence-electron chi connectivity index (χ3n) is 4.25. The molecule has 0 fully saturated rings. The molecule has 1 aromatic rings. The standard InChI is InChI=1S/C18H14F11IO2/c19-14(20,15(21,22)16(23,24)17(25,26)18(27,28)29)8-4-2-1-3-5-10-6-7-11(30)9-12(10)13(31)32/h4,6-9H,1-3,5H2,(H,31,32)/p-1. The Bertz CT molecular complexity index is 848. The van der Waals surface area contributed by atoms with Crippen molar-refractivity contribution in [2.75, 3.05) is 0 Å². The van der Waals surface area contributed by atoms with E-state index in [1.54, 1.807) is 6.07 Å². The molecule has 14 heteroatoms. The van der Waals surface area contributed by atoms with Gasteiger partial charge in [-0.2, -0.15) is 48.3 Å². The normalized spacial score (nSPS) is 14.2. The molecule has 0 spiro atoms. The first-order valence-electron chi connectivity index (χ1n) is 8.55. The van der Waals surface area contributed by atoms with Crippen molar-refractivity contribution in [3.8, 4) is 0 Å². The van der Waals surface area contributed by atoms with Gasteiger partial charge in [-0.05, 0) is 72.0 Å². The number of benzene rings is 1. The van der Waals surface area contributed by atoms with E-state index in [2.05, 4.69) is 0 Å². The first-order chi connectivity index (χ1) is 14.3. The summed E-state index contributed by atoms with van der Waals surface area (Å²) in [5.74, 6) is -29.4. The van der Waals surface area contributed by atoms with E-state index in [4.69, 9.17) is 0 Å². The summed E-state index contributed by atoms with van der Waals surface area (Å²) in [4.78, 5) is 11.1. The lowest BCUT2D eigenvalue weighted by Gasteiger charge is -2.36. The van der Waals surface area contributed by atoms with Crippen molar-refractivity contribution in [3.63, 3.8) is 0 Å². The topological polar surface area (TPSA) is 40.1 Å². The van der Waals surface area contributed by atoms with Crippen LogP contribution < -0.4 is 5.11 Å². The van der Waals surface area contributed by atoms with E-state index in [-0.39, 0.29) is 30.9 Å². The highest BCUT2D eigenvalue weighted by Gasteiger charge is 2.86. The Labute approximate surface area is 187 Å². The molecule has 0 atom stereocenters. The Balaban J connectivity index is 2.82. The Morgan fingerprint density at radius 1 is 0.875 bits per heavy atom. The van der Waals surface area contributed by atoms with Gasteiger partial charge < -0.3 is 9.90 Å². The van der Waals surface area contributed by atoms with Crippen LogP contribution >= 0.6 is 22.6 Å². The molecule has 1 aromatic carbocycles. The van der Waals surface area contributed by atoms with Crippen molar-refractivity contribution in [1.29, 1.82) is 0 Å². The summed E-state index contributed by atoms with van der Waals surface area (Å²) in [5, 5.41) is 11.1. The van der Waals surface area contributed by atoms with Gasteiger partial charge in [0.05, 0.1) is 5.97 Å². The van der Waals surface area contributed by atoms with E-state index in [9.17, 15) is 58.2 Å². The van der Waals surface area contributed by atoms with E-state index in [0.29, 0.717) is 9.13 Å². The van der Waals surface area contributed by atoms with Crippen LogP contribution in [0.15, 0.2) is 30.4 Å². The molecule has 0 radical (unpaired) electrons. The van der Waals surface area contributed by atoms with Gasteiger partial charge in [0.15, 0.2) is 0 Å². The number of aryl methyl sites for hydroxylation is 1. The first kappa shape index (κ1) is 28.4. The fraction of sp³-hybridized carbons (Fsp3) is 0.500. The van der Waals surface area contributed by atoms with E-state index >= 15 is 0 Å². The molecular weight excluding hydrogens is 584 g/mol. The highest BCUT2D eigenvalue weighted by atomic mass is 127. The maximum atomic E-state index is 13.5. The lowest BCUT2D eigenvalue weighted by molar-refractivity contribution is -0.416. The smallest absolute Gasteiger partial charge is 0.460 e. The number of halogens is 12. The number of rotatable bonds is 10. The third-order valence-corrected chi connectivity index (χ3v) is 4.92. The molecule has 0 N–H and O–H groups in total. The quantitative estimate of drug-likeness (QED) is 0.143. The van der Waals surface area contributed by atoms with Gasteiger partial charge in [-0.1, -0.05) is 12.1 Å². The zero-order valence-electron chi connectivity index (χ0n) is 15.6. The first-order valence-corrected chi connectivity index (χ1v) is 9.63. The van der Waals surface area contributed by atoms with Crippen LogP contribution in [0.4, 0.5) is 48.3 Å². The van der Waals surface area contributed by atoms with Crippen LogP contribution in [0.5, 0.6) is 0 Å². The number of alkyl halides is 11. The third kappa shape index (κ3) is 5.65. The summed E-state index contributed by atoms with van der Waals surface area (Å²) in [6.45, 7) is 0. The molecule has 0 amide bonds. The van der Waals surface area contributed by atoms with Gasteiger partial charge in [0.1, 0.15) is 0 Å². The molecule has 0 saturated heterocycles. The number of carbonyl (C=O) groups is 1. The van der Waals surface area contributed by atoms with Crippen molar-refractivity contribution >= 4 is 28.6 Å². The largest absolute Gasteiger partial charge is 0.545 e. The number of hydrogen-bond acceptors (Lipinski definition) is 2. The molecule has 0 unspecified atom stereocenters. The second kappa shape index (κ2) is 9.71. The van der Waals surface area contributed by atoms with Crippen LogP contribution in [-0.4, -0.2) is 35.8 Å². The Morgan fingerprint density at radius 2 is 1.44 bits per heavy atom. The van der Waals surface area contributed by atoms with Crippen LogP contribution in [0, 0.1) is 3.57 Å². The van der Waals surface area contributed by atoms with Gasteiger partial charge in [-0.25, -0.2) is 0 Å². The maximum absolute atomic E-state index is 13.5. The zero-order valence-corrected chi connectivity index (χ0v) is 17.7. The van der Waals surface area contributed by atoms with Crippen molar-refractivity contribution < 1.29 is 58.2 Å². The second-order valence-electron chi connectivity index (χ2n) is 6.58. The van der Waals surface area contributed by atoms with Crippen LogP contribution in [0.25, 0.3) is 0 Å². The van der Waals surface area contributed by atoms with Gasteiger partial charge in [0.2, 0.25) is 0 Å². The molecule has 0 aliphatic carbocycles. The van der Waals surface area contributed by atoms with Crippen molar-refractivity contribution in [3.05, 3.63) is 45.0 Å². The van der Waals surface area contributed by atoms with Gasteiger partial charge in [0, 0.05) is 9.13 Å². The summed E-state index contributed by atoms with van der Waals surface area (Å²) < 4.78 is 142. The van der Waals surface area contributed by atoms with Crippen LogP contribution in [0.2, 0.25) is 0 Å². The number of carboxylic acid groups (broad SMARTS) is 1. The van der Waals surface area contributed by atoms with Gasteiger partial charge in [-0.3, -0.25) is 0 Å². The fourth-order valence-electron chi connectivity index (χ4n) is 2.45. The Morgan fingerprint density at radius 3 is 1.94 bits per heavy atom. The van der Waals surface area contributed by atoms with E-state index < -0.39 is 48.3 Å². The molecule has 0 aromatic heterocycles. The zero-order chi connectivity index (χ0) is 25.2. The van der Waals surface area contributed by atoms with Crippen LogP contribution in [0.1, 0.15) is 35.2 Å². The van der Waals surface area contributed by atoms with Gasteiger partial charge in [-0.15, -0.1) is 0 Å². The summed E-state index contributed by atoms with van der Waals surface area (Å²) in [5.41, 5.74) is 0.187. The predicted molar refractivity (Wildman–Crippen MR) is 96.0 cm³/mol. The highest BCUT2D eigenvalue weighted by Crippen LogP contribution is 2.57. The minimum Gasteiger partial charge on any atom is -0.545 e. The number of carbonyl (C=O) groups excluding carboxylic acids is 1. The van der Waals surface area contributed by atoms with Gasteiger partial charge >= 0.3 is 29.9 Å². The molecule has 2 nitrogen and oxygen atoms in total.